The van der Waals surface area contributed by atoms with Crippen LogP contribution in [0.1, 0.15) is 23.7 Å². The fourth-order valence-corrected chi connectivity index (χ4v) is 1.86. The summed E-state index contributed by atoms with van der Waals surface area (Å²) in [7, 11) is 0. The highest BCUT2D eigenvalue weighted by molar-refractivity contribution is 6.04. The van der Waals surface area contributed by atoms with Gasteiger partial charge >= 0.3 is 0 Å². The van der Waals surface area contributed by atoms with E-state index in [4.69, 9.17) is 0 Å². The molecule has 2 amide bonds. The van der Waals surface area contributed by atoms with Crippen LogP contribution in [0.4, 0.5) is 17.1 Å². The normalized spacial score (nSPS) is 9.96. The van der Waals surface area contributed by atoms with Gasteiger partial charge in [0.25, 0.3) is 11.6 Å². The Morgan fingerprint density at radius 3 is 2.22 bits per heavy atom. The van der Waals surface area contributed by atoms with E-state index in [0.717, 1.165) is 0 Å². The molecule has 7 nitrogen and oxygen atoms in total. The smallest absolute Gasteiger partial charge is 0.269 e. The molecule has 0 spiro atoms. The first-order chi connectivity index (χ1) is 11.0. The summed E-state index contributed by atoms with van der Waals surface area (Å²) in [6.07, 6.45) is 0.360. The summed E-state index contributed by atoms with van der Waals surface area (Å²) in [5, 5.41) is 16.0. The number of carbonyl (C=O) groups excluding carboxylic acids is 2. The lowest BCUT2D eigenvalue weighted by Crippen LogP contribution is -2.13. The second-order valence-electron chi connectivity index (χ2n) is 4.74. The van der Waals surface area contributed by atoms with Crippen molar-refractivity contribution < 1.29 is 14.5 Å². The number of nitro groups is 1. The Labute approximate surface area is 132 Å². The van der Waals surface area contributed by atoms with Crippen molar-refractivity contribution in [3.63, 3.8) is 0 Å². The third-order valence-corrected chi connectivity index (χ3v) is 3.07. The van der Waals surface area contributed by atoms with Gasteiger partial charge in [0.15, 0.2) is 0 Å². The maximum atomic E-state index is 12.1. The maximum absolute atomic E-state index is 12.1. The lowest BCUT2D eigenvalue weighted by molar-refractivity contribution is -0.384. The number of benzene rings is 2. The second kappa shape index (κ2) is 7.17. The summed E-state index contributed by atoms with van der Waals surface area (Å²) in [4.78, 5) is 33.6. The van der Waals surface area contributed by atoms with Crippen LogP contribution in [0.25, 0.3) is 0 Å². The topological polar surface area (TPSA) is 101 Å². The number of non-ortho nitro benzene ring substituents is 1. The Morgan fingerprint density at radius 1 is 1.04 bits per heavy atom. The molecule has 0 aliphatic carbocycles. The summed E-state index contributed by atoms with van der Waals surface area (Å²) >= 11 is 0. The first-order valence-corrected chi connectivity index (χ1v) is 6.95. The maximum Gasteiger partial charge on any atom is 0.269 e. The lowest BCUT2D eigenvalue weighted by Gasteiger charge is -2.08. The van der Waals surface area contributed by atoms with E-state index in [1.54, 1.807) is 31.2 Å². The second-order valence-corrected chi connectivity index (χ2v) is 4.74. The van der Waals surface area contributed by atoms with Gasteiger partial charge in [0.1, 0.15) is 0 Å². The Morgan fingerprint density at radius 2 is 1.65 bits per heavy atom. The molecule has 0 atom stereocenters. The third kappa shape index (κ3) is 4.37. The molecule has 2 N–H and O–H groups in total. The van der Waals surface area contributed by atoms with Crippen LogP contribution in [-0.2, 0) is 4.79 Å². The van der Waals surface area contributed by atoms with Crippen LogP contribution in [0, 0.1) is 10.1 Å². The lowest BCUT2D eigenvalue weighted by atomic mass is 10.2. The first kappa shape index (κ1) is 16.2. The van der Waals surface area contributed by atoms with Gasteiger partial charge in [0.2, 0.25) is 5.91 Å². The number of amides is 2. The minimum absolute atomic E-state index is 0.0779. The zero-order valence-corrected chi connectivity index (χ0v) is 12.4. The van der Waals surface area contributed by atoms with Gasteiger partial charge in [-0.05, 0) is 30.3 Å². The van der Waals surface area contributed by atoms with E-state index in [0.29, 0.717) is 23.4 Å². The fourth-order valence-electron chi connectivity index (χ4n) is 1.86. The van der Waals surface area contributed by atoms with Gasteiger partial charge in [-0.15, -0.1) is 0 Å². The molecule has 0 heterocycles. The number of hydrogen-bond donors (Lipinski definition) is 2. The van der Waals surface area contributed by atoms with E-state index in [9.17, 15) is 19.7 Å². The van der Waals surface area contributed by atoms with Crippen LogP contribution in [-0.4, -0.2) is 16.7 Å². The number of nitrogens with zero attached hydrogens (tertiary/aromatic N) is 1. The molecule has 23 heavy (non-hydrogen) atoms. The Hall–Kier alpha value is -3.22. The zero-order chi connectivity index (χ0) is 16.8. The molecule has 118 valence electrons. The van der Waals surface area contributed by atoms with Crippen molar-refractivity contribution in [2.24, 2.45) is 0 Å². The fraction of sp³-hybridized carbons (Fsp3) is 0.125. The molecule has 0 bridgehead atoms. The van der Waals surface area contributed by atoms with Crippen LogP contribution in [0.3, 0.4) is 0 Å². The third-order valence-electron chi connectivity index (χ3n) is 3.07. The number of anilines is 2. The Bertz CT molecular complexity index is 741. The van der Waals surface area contributed by atoms with Crippen molar-refractivity contribution in [1.29, 1.82) is 0 Å². The van der Waals surface area contributed by atoms with Crippen LogP contribution in [0.15, 0.2) is 48.5 Å². The van der Waals surface area contributed by atoms with E-state index < -0.39 is 4.92 Å². The number of nitro benzene ring substituents is 1. The molecule has 7 heteroatoms. The van der Waals surface area contributed by atoms with E-state index in [2.05, 4.69) is 10.6 Å². The van der Waals surface area contributed by atoms with E-state index >= 15 is 0 Å². The Balaban J connectivity index is 2.09. The standard InChI is InChI=1S/C16H15N3O4/c1-2-15(20)17-12-4-3-5-13(10-12)18-16(21)11-6-8-14(9-7-11)19(22)23/h3-10H,2H2,1H3,(H,17,20)(H,18,21). The van der Waals surface area contributed by atoms with Gasteiger partial charge in [-0.2, -0.15) is 0 Å². The molecule has 0 fully saturated rings. The molecule has 0 aromatic heterocycles. The minimum atomic E-state index is -0.526. The van der Waals surface area contributed by atoms with Gasteiger partial charge in [-0.3, -0.25) is 19.7 Å². The molecule has 0 saturated heterocycles. The number of rotatable bonds is 5. The highest BCUT2D eigenvalue weighted by Crippen LogP contribution is 2.17. The molecule has 0 unspecified atom stereocenters. The first-order valence-electron chi connectivity index (χ1n) is 6.95. The molecule has 0 radical (unpaired) electrons. The zero-order valence-electron chi connectivity index (χ0n) is 12.4. The summed E-state index contributed by atoms with van der Waals surface area (Å²) in [5.74, 6) is -0.511. The summed E-state index contributed by atoms with van der Waals surface area (Å²) < 4.78 is 0. The number of nitrogens with one attached hydrogen (secondary N) is 2. The predicted octanol–water partition coefficient (Wildman–Crippen LogP) is 3.20. The molecular weight excluding hydrogens is 298 g/mol. The highest BCUT2D eigenvalue weighted by atomic mass is 16.6. The minimum Gasteiger partial charge on any atom is -0.326 e. The van der Waals surface area contributed by atoms with Crippen molar-refractivity contribution in [2.75, 3.05) is 10.6 Å². The van der Waals surface area contributed by atoms with Gasteiger partial charge in [-0.25, -0.2) is 0 Å². The van der Waals surface area contributed by atoms with Crippen molar-refractivity contribution in [3.8, 4) is 0 Å². The number of carbonyl (C=O) groups is 2. The van der Waals surface area contributed by atoms with Crippen molar-refractivity contribution in [1.82, 2.24) is 0 Å². The van der Waals surface area contributed by atoms with Crippen LogP contribution in [0.5, 0.6) is 0 Å². The van der Waals surface area contributed by atoms with Crippen molar-refractivity contribution in [3.05, 3.63) is 64.2 Å². The monoisotopic (exact) mass is 313 g/mol. The summed E-state index contributed by atoms with van der Waals surface area (Å²) in [6.45, 7) is 1.75. The van der Waals surface area contributed by atoms with Gasteiger partial charge < -0.3 is 10.6 Å². The van der Waals surface area contributed by atoms with Crippen molar-refractivity contribution >= 4 is 28.9 Å². The highest BCUT2D eigenvalue weighted by Gasteiger charge is 2.10. The number of hydrogen-bond acceptors (Lipinski definition) is 4. The van der Waals surface area contributed by atoms with Gasteiger partial charge in [0.05, 0.1) is 4.92 Å². The molecule has 0 saturated carbocycles. The molecule has 2 aromatic carbocycles. The predicted molar refractivity (Wildman–Crippen MR) is 86.4 cm³/mol. The van der Waals surface area contributed by atoms with Gasteiger partial charge in [-0.1, -0.05) is 13.0 Å². The summed E-state index contributed by atoms with van der Waals surface area (Å²) in [5.41, 5.74) is 1.32. The SMILES string of the molecule is CCC(=O)Nc1cccc(NC(=O)c2ccc([N+](=O)[O-])cc2)c1. The van der Waals surface area contributed by atoms with E-state index in [-0.39, 0.29) is 17.5 Å². The van der Waals surface area contributed by atoms with E-state index in [1.807, 2.05) is 0 Å². The van der Waals surface area contributed by atoms with Crippen molar-refractivity contribution in [2.45, 2.75) is 13.3 Å². The average molecular weight is 313 g/mol. The molecule has 2 rings (SSSR count). The van der Waals surface area contributed by atoms with Gasteiger partial charge in [0, 0.05) is 35.5 Å². The Kier molecular flexibility index (Phi) is 5.03. The molecule has 0 aliphatic heterocycles. The van der Waals surface area contributed by atoms with E-state index in [1.165, 1.54) is 24.3 Å². The molecular formula is C16H15N3O4. The van der Waals surface area contributed by atoms with Crippen LogP contribution in [0.2, 0.25) is 0 Å². The summed E-state index contributed by atoms with van der Waals surface area (Å²) in [6, 6.07) is 12.1. The molecule has 2 aromatic rings. The largest absolute Gasteiger partial charge is 0.326 e. The van der Waals surface area contributed by atoms with Crippen LogP contribution < -0.4 is 10.6 Å². The quantitative estimate of drug-likeness (QED) is 0.653. The average Bonchev–Trinajstić information content (AvgIpc) is 2.55. The van der Waals surface area contributed by atoms with Crippen LogP contribution >= 0.6 is 0 Å². The molecule has 0 aliphatic rings.